The molecule has 1 fully saturated rings. The highest BCUT2D eigenvalue weighted by molar-refractivity contribution is 7.80. The van der Waals surface area contributed by atoms with Gasteiger partial charge in [0.25, 0.3) is 0 Å². The van der Waals surface area contributed by atoms with Gasteiger partial charge in [0.15, 0.2) is 16.6 Å². The summed E-state index contributed by atoms with van der Waals surface area (Å²) in [5.41, 5.74) is 9.56. The van der Waals surface area contributed by atoms with Crippen LogP contribution in [0, 0.1) is 0 Å². The van der Waals surface area contributed by atoms with Gasteiger partial charge < -0.3 is 15.2 Å². The van der Waals surface area contributed by atoms with Gasteiger partial charge in [-0.25, -0.2) is 0 Å². The minimum Gasteiger partial charge on any atom is -0.490 e. The maximum absolute atomic E-state index is 12.5. The molecule has 0 heterocycles. The number of hydrogen-bond donors (Lipinski definition) is 2. The van der Waals surface area contributed by atoms with Crippen LogP contribution in [0.1, 0.15) is 51.5 Å². The zero-order valence-electron chi connectivity index (χ0n) is 15.6. The van der Waals surface area contributed by atoms with Crippen molar-refractivity contribution in [3.63, 3.8) is 0 Å². The maximum atomic E-state index is 12.5. The van der Waals surface area contributed by atoms with E-state index in [9.17, 15) is 4.79 Å². The topological polar surface area (TPSA) is 76.8 Å². The molecule has 1 aromatic carbocycles. The van der Waals surface area contributed by atoms with Crippen LogP contribution >= 0.6 is 12.2 Å². The van der Waals surface area contributed by atoms with E-state index in [2.05, 4.69) is 5.43 Å². The number of nitrogens with zero attached hydrogens (tertiary/aromatic N) is 1. The first-order valence-corrected chi connectivity index (χ1v) is 9.72. The van der Waals surface area contributed by atoms with Crippen molar-refractivity contribution in [3.05, 3.63) is 23.8 Å². The van der Waals surface area contributed by atoms with E-state index < -0.39 is 0 Å². The summed E-state index contributed by atoms with van der Waals surface area (Å²) in [6.45, 7) is 4.93. The van der Waals surface area contributed by atoms with Gasteiger partial charge in [0.2, 0.25) is 5.91 Å². The van der Waals surface area contributed by atoms with Crippen LogP contribution in [0.25, 0.3) is 0 Å². The molecule has 2 rings (SSSR count). The minimum absolute atomic E-state index is 0.144. The fraction of sp³-hybridized carbons (Fsp3) is 0.579. The van der Waals surface area contributed by atoms with E-state index in [4.69, 9.17) is 27.4 Å². The molecular formula is C19H29N3O3S. The van der Waals surface area contributed by atoms with E-state index in [0.717, 1.165) is 31.2 Å². The fourth-order valence-corrected chi connectivity index (χ4v) is 3.43. The number of hydrazine groups is 1. The Morgan fingerprint density at radius 2 is 1.85 bits per heavy atom. The summed E-state index contributed by atoms with van der Waals surface area (Å²) in [5.74, 6) is 1.19. The molecule has 0 aromatic heterocycles. The fourth-order valence-electron chi connectivity index (χ4n) is 3.23. The van der Waals surface area contributed by atoms with Gasteiger partial charge >= 0.3 is 0 Å². The maximum Gasteiger partial charge on any atom is 0.242 e. The Hall–Kier alpha value is -2.02. The Labute approximate surface area is 161 Å². The average Bonchev–Trinajstić information content (AvgIpc) is 2.63. The van der Waals surface area contributed by atoms with Crippen molar-refractivity contribution in [2.45, 2.75) is 58.4 Å². The zero-order valence-corrected chi connectivity index (χ0v) is 16.4. The van der Waals surface area contributed by atoms with Crippen molar-refractivity contribution in [2.75, 3.05) is 13.2 Å². The molecule has 7 heteroatoms. The van der Waals surface area contributed by atoms with E-state index >= 15 is 0 Å². The summed E-state index contributed by atoms with van der Waals surface area (Å²) < 4.78 is 11.2. The molecule has 6 nitrogen and oxygen atoms in total. The third kappa shape index (κ3) is 5.76. The first kappa shape index (κ1) is 20.3. The van der Waals surface area contributed by atoms with E-state index in [1.54, 1.807) is 5.01 Å². The number of nitrogens with two attached hydrogens (primary N) is 1. The van der Waals surface area contributed by atoms with Crippen LogP contribution in [0.5, 0.6) is 11.5 Å². The quantitative estimate of drug-likeness (QED) is 0.560. The number of rotatable bonds is 7. The normalized spacial score (nSPS) is 14.5. The van der Waals surface area contributed by atoms with E-state index in [0.29, 0.717) is 24.7 Å². The predicted octanol–water partition coefficient (Wildman–Crippen LogP) is 2.94. The first-order chi connectivity index (χ1) is 12.5. The Kier molecular flexibility index (Phi) is 7.97. The molecule has 0 unspecified atom stereocenters. The van der Waals surface area contributed by atoms with Gasteiger partial charge in [0.05, 0.1) is 25.7 Å². The van der Waals surface area contributed by atoms with Gasteiger partial charge in [-0.15, -0.1) is 0 Å². The van der Waals surface area contributed by atoms with Gasteiger partial charge in [0.1, 0.15) is 0 Å². The van der Waals surface area contributed by atoms with Gasteiger partial charge in [-0.05, 0) is 56.6 Å². The van der Waals surface area contributed by atoms with Crippen LogP contribution in [0.3, 0.4) is 0 Å². The van der Waals surface area contributed by atoms with Crippen molar-refractivity contribution in [3.8, 4) is 11.5 Å². The highest BCUT2D eigenvalue weighted by atomic mass is 32.1. The standard InChI is InChI=1S/C19H29N3O3S/c1-3-24-16-11-10-14(12-17(16)25-4-2)13-18(23)21-22(19(20)26)15-8-6-5-7-9-15/h10-12,15H,3-9,13H2,1-2H3,(H2,20,26)(H,21,23). The number of carbonyl (C=O) groups excluding carboxylic acids is 1. The second kappa shape index (κ2) is 10.2. The monoisotopic (exact) mass is 379 g/mol. The number of amides is 1. The lowest BCUT2D eigenvalue weighted by Gasteiger charge is -2.34. The number of ether oxygens (including phenoxy) is 2. The molecule has 144 valence electrons. The summed E-state index contributed by atoms with van der Waals surface area (Å²) in [5, 5.41) is 1.88. The van der Waals surface area contributed by atoms with Gasteiger partial charge in [-0.1, -0.05) is 25.3 Å². The molecular weight excluding hydrogens is 350 g/mol. The number of benzene rings is 1. The number of nitrogens with one attached hydrogen (secondary N) is 1. The van der Waals surface area contributed by atoms with Crippen molar-refractivity contribution in [1.29, 1.82) is 0 Å². The molecule has 0 atom stereocenters. The van der Waals surface area contributed by atoms with Crippen LogP contribution in [0.2, 0.25) is 0 Å². The summed E-state index contributed by atoms with van der Waals surface area (Å²) >= 11 is 5.13. The molecule has 26 heavy (non-hydrogen) atoms. The van der Waals surface area contributed by atoms with Crippen molar-refractivity contribution in [2.24, 2.45) is 5.73 Å². The zero-order chi connectivity index (χ0) is 18.9. The Morgan fingerprint density at radius 3 is 2.46 bits per heavy atom. The number of hydrogen-bond acceptors (Lipinski definition) is 4. The van der Waals surface area contributed by atoms with Crippen LogP contribution in [-0.2, 0) is 11.2 Å². The van der Waals surface area contributed by atoms with Crippen LogP contribution in [0.4, 0.5) is 0 Å². The van der Waals surface area contributed by atoms with Gasteiger partial charge in [0, 0.05) is 0 Å². The number of thiocarbonyl (C=S) groups is 1. The Bertz CT molecular complexity index is 618. The molecule has 0 aliphatic heterocycles. The summed E-state index contributed by atoms with van der Waals surface area (Å²) in [7, 11) is 0. The van der Waals surface area contributed by atoms with Gasteiger partial charge in [-0.2, -0.15) is 0 Å². The molecule has 1 aromatic rings. The number of carbonyl (C=O) groups is 1. The van der Waals surface area contributed by atoms with Gasteiger partial charge in [-0.3, -0.25) is 15.2 Å². The van der Waals surface area contributed by atoms with E-state index in [1.807, 2.05) is 32.0 Å². The summed E-state index contributed by atoms with van der Waals surface area (Å²) in [4.78, 5) is 12.5. The molecule has 0 bridgehead atoms. The lowest BCUT2D eigenvalue weighted by atomic mass is 9.95. The SMILES string of the molecule is CCOc1ccc(CC(=O)NN(C(N)=S)C2CCCCC2)cc1OCC. The highest BCUT2D eigenvalue weighted by Gasteiger charge is 2.24. The second-order valence-corrected chi connectivity index (χ2v) is 6.78. The van der Waals surface area contributed by atoms with E-state index in [-0.39, 0.29) is 23.5 Å². The lowest BCUT2D eigenvalue weighted by molar-refractivity contribution is -0.124. The minimum atomic E-state index is -0.144. The lowest BCUT2D eigenvalue weighted by Crippen LogP contribution is -2.54. The third-order valence-electron chi connectivity index (χ3n) is 4.39. The smallest absolute Gasteiger partial charge is 0.242 e. The molecule has 1 aliphatic carbocycles. The molecule has 0 spiro atoms. The Balaban J connectivity index is 2.03. The first-order valence-electron chi connectivity index (χ1n) is 9.31. The third-order valence-corrected chi connectivity index (χ3v) is 4.59. The molecule has 0 radical (unpaired) electrons. The molecule has 1 aliphatic rings. The van der Waals surface area contributed by atoms with Crippen molar-refractivity contribution >= 4 is 23.2 Å². The molecule has 0 saturated heterocycles. The second-order valence-electron chi connectivity index (χ2n) is 6.36. The van der Waals surface area contributed by atoms with Crippen LogP contribution < -0.4 is 20.6 Å². The molecule has 3 N–H and O–H groups in total. The molecule has 1 saturated carbocycles. The van der Waals surface area contributed by atoms with Crippen molar-refractivity contribution in [1.82, 2.24) is 10.4 Å². The van der Waals surface area contributed by atoms with Crippen LogP contribution in [-0.4, -0.2) is 35.3 Å². The highest BCUT2D eigenvalue weighted by Crippen LogP contribution is 2.29. The summed E-state index contributed by atoms with van der Waals surface area (Å²) in [6.07, 6.45) is 5.71. The Morgan fingerprint density at radius 1 is 1.19 bits per heavy atom. The summed E-state index contributed by atoms with van der Waals surface area (Å²) in [6, 6.07) is 5.74. The largest absolute Gasteiger partial charge is 0.490 e. The van der Waals surface area contributed by atoms with E-state index in [1.165, 1.54) is 6.42 Å². The van der Waals surface area contributed by atoms with Crippen molar-refractivity contribution < 1.29 is 14.3 Å². The van der Waals surface area contributed by atoms with Crippen LogP contribution in [0.15, 0.2) is 18.2 Å². The molecule has 1 amide bonds. The predicted molar refractivity (Wildman–Crippen MR) is 106 cm³/mol. The average molecular weight is 380 g/mol.